The summed E-state index contributed by atoms with van der Waals surface area (Å²) in [6.07, 6.45) is 2.78. The summed E-state index contributed by atoms with van der Waals surface area (Å²) in [5.41, 5.74) is 5.83. The number of fused-ring (bicyclic) bond motifs is 5. The Morgan fingerprint density at radius 3 is 2.52 bits per heavy atom. The highest BCUT2D eigenvalue weighted by Gasteiger charge is 2.44. The van der Waals surface area contributed by atoms with E-state index in [4.69, 9.17) is 9.84 Å². The van der Waals surface area contributed by atoms with E-state index in [0.29, 0.717) is 18.4 Å². The topological polar surface area (TPSA) is 74.1 Å². The van der Waals surface area contributed by atoms with Gasteiger partial charge in [-0.15, -0.1) is 0 Å². The maximum Gasteiger partial charge on any atom is 0.304 e. The summed E-state index contributed by atoms with van der Waals surface area (Å²) in [7, 11) is 0. The Morgan fingerprint density at radius 2 is 1.87 bits per heavy atom. The Balaban J connectivity index is 1.66. The minimum absolute atomic E-state index is 0.0305. The van der Waals surface area contributed by atoms with Gasteiger partial charge in [-0.1, -0.05) is 56.6 Å². The Morgan fingerprint density at radius 1 is 1.16 bits per heavy atom. The summed E-state index contributed by atoms with van der Waals surface area (Å²) in [5.74, 6) is 1.56. The lowest BCUT2D eigenvalue weighted by Crippen LogP contribution is -2.51. The van der Waals surface area contributed by atoms with Crippen LogP contribution < -0.4 is 4.57 Å². The van der Waals surface area contributed by atoms with E-state index in [1.165, 1.54) is 11.1 Å². The van der Waals surface area contributed by atoms with Crippen LogP contribution >= 0.6 is 0 Å². The summed E-state index contributed by atoms with van der Waals surface area (Å²) in [6, 6.07) is 11.5. The Kier molecular flexibility index (Phi) is 4.66. The van der Waals surface area contributed by atoms with Gasteiger partial charge in [0.05, 0.1) is 4.92 Å². The van der Waals surface area contributed by atoms with E-state index in [0.717, 1.165) is 29.1 Å². The first-order valence-corrected chi connectivity index (χ1v) is 10.9. The first kappa shape index (κ1) is 19.9. The van der Waals surface area contributed by atoms with Gasteiger partial charge >= 0.3 is 5.82 Å². The molecule has 2 aromatic carbocycles. The number of nitrogens with zero attached hydrogens (tertiary/aromatic N) is 4. The van der Waals surface area contributed by atoms with Gasteiger partial charge in [0.2, 0.25) is 6.33 Å². The van der Waals surface area contributed by atoms with E-state index < -0.39 is 0 Å². The summed E-state index contributed by atoms with van der Waals surface area (Å²) in [6.45, 7) is 9.23. The van der Waals surface area contributed by atoms with Crippen molar-refractivity contribution in [2.45, 2.75) is 64.7 Å². The lowest BCUT2D eigenvalue weighted by atomic mass is 9.93. The monoisotopic (exact) mass is 419 g/mol. The third kappa shape index (κ3) is 3.15. The van der Waals surface area contributed by atoms with Crippen molar-refractivity contribution in [1.29, 1.82) is 0 Å². The highest BCUT2D eigenvalue weighted by atomic mass is 16.6. The molecule has 0 saturated heterocycles. The SMILES string of the molecule is CC(C)c1cccc(C(C)C)c1-n1c[n+]2c(n1)CO[C@H]1Cc3ccc([N+](=O)[O-])cc3[C@H]12. The summed E-state index contributed by atoms with van der Waals surface area (Å²) >= 11 is 0. The zero-order chi connectivity index (χ0) is 21.9. The van der Waals surface area contributed by atoms with Gasteiger partial charge in [-0.25, -0.2) is 4.57 Å². The highest BCUT2D eigenvalue weighted by Crippen LogP contribution is 2.38. The largest absolute Gasteiger partial charge is 0.363 e. The van der Waals surface area contributed by atoms with E-state index >= 15 is 0 Å². The molecule has 0 bridgehead atoms. The molecule has 0 N–H and O–H groups in total. The molecule has 7 nitrogen and oxygen atoms in total. The van der Waals surface area contributed by atoms with Crippen molar-refractivity contribution in [2.75, 3.05) is 0 Å². The molecule has 160 valence electrons. The molecule has 3 aromatic rings. The van der Waals surface area contributed by atoms with Gasteiger partial charge < -0.3 is 4.74 Å². The van der Waals surface area contributed by atoms with Crippen molar-refractivity contribution < 1.29 is 14.2 Å². The Hall–Kier alpha value is -3.06. The summed E-state index contributed by atoms with van der Waals surface area (Å²) in [4.78, 5) is 11.0. The van der Waals surface area contributed by atoms with Crippen LogP contribution in [0.15, 0.2) is 42.7 Å². The average Bonchev–Trinajstić information content (AvgIpc) is 3.33. The van der Waals surface area contributed by atoms with Gasteiger partial charge in [-0.3, -0.25) is 10.1 Å². The van der Waals surface area contributed by atoms with Crippen LogP contribution in [0, 0.1) is 10.1 Å². The van der Waals surface area contributed by atoms with Crippen molar-refractivity contribution in [3.8, 4) is 5.69 Å². The molecule has 1 aliphatic carbocycles. The smallest absolute Gasteiger partial charge is 0.304 e. The Labute approximate surface area is 181 Å². The Bertz CT molecular complexity index is 1160. The van der Waals surface area contributed by atoms with Gasteiger partial charge in [0.15, 0.2) is 0 Å². The third-order valence-corrected chi connectivity index (χ3v) is 6.48. The van der Waals surface area contributed by atoms with Crippen LogP contribution in [0.4, 0.5) is 5.69 Å². The molecule has 2 atom stereocenters. The van der Waals surface area contributed by atoms with Crippen LogP contribution in [-0.2, 0) is 17.8 Å². The average molecular weight is 420 g/mol. The summed E-state index contributed by atoms with van der Waals surface area (Å²) in [5, 5.41) is 16.3. The van der Waals surface area contributed by atoms with Crippen molar-refractivity contribution >= 4 is 5.69 Å². The number of benzene rings is 2. The van der Waals surface area contributed by atoms with E-state index in [2.05, 4.69) is 56.8 Å². The first-order chi connectivity index (χ1) is 14.8. The molecule has 2 heterocycles. The third-order valence-electron chi connectivity index (χ3n) is 6.48. The maximum atomic E-state index is 11.3. The zero-order valence-corrected chi connectivity index (χ0v) is 18.3. The number of ether oxygens (including phenoxy) is 1. The van der Waals surface area contributed by atoms with E-state index in [1.807, 2.05) is 10.7 Å². The van der Waals surface area contributed by atoms with Crippen molar-refractivity contribution in [1.82, 2.24) is 9.78 Å². The molecule has 7 heteroatoms. The van der Waals surface area contributed by atoms with E-state index in [9.17, 15) is 10.1 Å². The second kappa shape index (κ2) is 7.27. The standard InChI is InChI=1S/C24H27N4O3/c1-14(2)18-6-5-7-19(15(3)4)23(18)27-13-26-22(25-27)12-31-21-10-16-8-9-17(28(29)30)11-20(16)24(21)26/h5-9,11,13-15,21,24H,10,12H2,1-4H3/q+1/t21-,24+/m0/s1. The molecule has 1 aliphatic heterocycles. The summed E-state index contributed by atoms with van der Waals surface area (Å²) < 4.78 is 10.3. The number of non-ortho nitro benzene ring substituents is 1. The van der Waals surface area contributed by atoms with Crippen molar-refractivity contribution in [3.05, 3.63) is 80.9 Å². The minimum Gasteiger partial charge on any atom is -0.363 e. The number of nitro benzene ring substituents is 1. The van der Waals surface area contributed by atoms with Crippen LogP contribution in [0.25, 0.3) is 5.69 Å². The molecule has 0 saturated carbocycles. The number of hydrogen-bond donors (Lipinski definition) is 0. The fraction of sp³-hybridized carbons (Fsp3) is 0.417. The van der Waals surface area contributed by atoms with Gasteiger partial charge in [-0.2, -0.15) is 0 Å². The second-order valence-electron chi connectivity index (χ2n) is 9.12. The fourth-order valence-corrected chi connectivity index (χ4v) is 4.95. The van der Waals surface area contributed by atoms with Gasteiger partial charge in [0.1, 0.15) is 24.4 Å². The predicted octanol–water partition coefficient (Wildman–Crippen LogP) is 4.36. The van der Waals surface area contributed by atoms with Crippen molar-refractivity contribution in [3.63, 3.8) is 0 Å². The van der Waals surface area contributed by atoms with Crippen LogP contribution in [0.3, 0.4) is 0 Å². The molecule has 0 spiro atoms. The quantitative estimate of drug-likeness (QED) is 0.358. The van der Waals surface area contributed by atoms with Crippen LogP contribution in [0.1, 0.15) is 73.7 Å². The molecule has 0 fully saturated rings. The molecular formula is C24H27N4O3+. The van der Waals surface area contributed by atoms with E-state index in [-0.39, 0.29) is 22.8 Å². The van der Waals surface area contributed by atoms with Gasteiger partial charge in [-0.05, 0) is 28.5 Å². The van der Waals surface area contributed by atoms with Crippen LogP contribution in [-0.4, -0.2) is 20.8 Å². The lowest BCUT2D eigenvalue weighted by Gasteiger charge is -2.23. The molecule has 5 rings (SSSR count). The van der Waals surface area contributed by atoms with Crippen LogP contribution in [0.2, 0.25) is 0 Å². The number of rotatable bonds is 4. The molecule has 0 unspecified atom stereocenters. The second-order valence-corrected chi connectivity index (χ2v) is 9.12. The lowest BCUT2D eigenvalue weighted by molar-refractivity contribution is -0.739. The number of aromatic nitrogens is 3. The van der Waals surface area contributed by atoms with Crippen molar-refractivity contribution in [2.24, 2.45) is 0 Å². The molecule has 1 aromatic heterocycles. The van der Waals surface area contributed by atoms with E-state index in [1.54, 1.807) is 12.1 Å². The molecule has 31 heavy (non-hydrogen) atoms. The maximum absolute atomic E-state index is 11.3. The number of para-hydroxylation sites is 1. The minimum atomic E-state index is -0.333. The molecule has 0 amide bonds. The number of hydrogen-bond acceptors (Lipinski definition) is 4. The first-order valence-electron chi connectivity index (χ1n) is 10.9. The molecule has 2 aliphatic rings. The zero-order valence-electron chi connectivity index (χ0n) is 18.3. The predicted molar refractivity (Wildman–Crippen MR) is 115 cm³/mol. The van der Waals surface area contributed by atoms with Gasteiger partial charge in [0.25, 0.3) is 5.69 Å². The molecular weight excluding hydrogens is 392 g/mol. The van der Waals surface area contributed by atoms with Gasteiger partial charge in [0, 0.05) is 29.2 Å². The fourth-order valence-electron chi connectivity index (χ4n) is 4.95. The molecule has 0 radical (unpaired) electrons. The van der Waals surface area contributed by atoms with Crippen LogP contribution in [0.5, 0.6) is 0 Å². The normalized spacial score (nSPS) is 19.4. The highest BCUT2D eigenvalue weighted by molar-refractivity contribution is 5.50. The number of nitro groups is 1.